The number of ether oxygens (including phenoxy) is 1. The third-order valence-electron chi connectivity index (χ3n) is 7.86. The number of nitrogens with one attached hydrogen (secondary N) is 1. The molecule has 0 saturated heterocycles. The van der Waals surface area contributed by atoms with Gasteiger partial charge in [-0.25, -0.2) is 0 Å². The number of aryl methyl sites for hydroxylation is 1. The fourth-order valence-electron chi connectivity index (χ4n) is 4.91. The Hall–Kier alpha value is -2.83. The topological polar surface area (TPSA) is 92.8 Å². The molecule has 0 radical (unpaired) electrons. The Morgan fingerprint density at radius 1 is 1.32 bits per heavy atom. The van der Waals surface area contributed by atoms with E-state index < -0.39 is 0 Å². The Labute approximate surface area is 234 Å². The van der Waals surface area contributed by atoms with Gasteiger partial charge in [0.1, 0.15) is 16.8 Å². The lowest BCUT2D eigenvalue weighted by Crippen LogP contribution is -2.28. The number of hydrogen-bond donors (Lipinski definition) is 1. The van der Waals surface area contributed by atoms with Crippen molar-refractivity contribution in [1.82, 2.24) is 14.8 Å². The molecule has 2 unspecified atom stereocenters. The fourth-order valence-corrected chi connectivity index (χ4v) is 6.92. The molecule has 1 amide bonds. The Morgan fingerprint density at radius 2 is 2.05 bits per heavy atom. The van der Waals surface area contributed by atoms with Crippen LogP contribution in [0, 0.1) is 22.7 Å². The Kier molecular flexibility index (Phi) is 8.84. The quantitative estimate of drug-likeness (QED) is 0.281. The summed E-state index contributed by atoms with van der Waals surface area (Å²) in [5, 5.41) is 22.7. The first-order valence-corrected chi connectivity index (χ1v) is 15.1. The predicted molar refractivity (Wildman–Crippen MR) is 154 cm³/mol. The van der Waals surface area contributed by atoms with Crippen molar-refractivity contribution in [2.45, 2.75) is 78.0 Å². The molecule has 0 fully saturated rings. The lowest BCUT2D eigenvalue weighted by molar-refractivity contribution is -0.113. The molecule has 1 aliphatic rings. The zero-order valence-corrected chi connectivity index (χ0v) is 24.8. The van der Waals surface area contributed by atoms with E-state index in [1.165, 1.54) is 22.2 Å². The van der Waals surface area contributed by atoms with Gasteiger partial charge in [-0.2, -0.15) is 5.26 Å². The maximum Gasteiger partial charge on any atom is 0.235 e. The van der Waals surface area contributed by atoms with Crippen molar-refractivity contribution in [2.75, 3.05) is 11.1 Å². The first-order valence-electron chi connectivity index (χ1n) is 13.3. The van der Waals surface area contributed by atoms with Crippen molar-refractivity contribution in [3.63, 3.8) is 0 Å². The molecule has 2 aromatic heterocycles. The second-order valence-electron chi connectivity index (χ2n) is 10.6. The first-order chi connectivity index (χ1) is 18.2. The molecule has 3 aromatic rings. The molecule has 9 heteroatoms. The molecule has 1 aliphatic carbocycles. The van der Waals surface area contributed by atoms with Gasteiger partial charge in [0.25, 0.3) is 0 Å². The minimum Gasteiger partial charge on any atom is -0.483 e. The summed E-state index contributed by atoms with van der Waals surface area (Å²) in [7, 11) is 1.88. The van der Waals surface area contributed by atoms with Crippen LogP contribution in [0.5, 0.6) is 5.75 Å². The van der Waals surface area contributed by atoms with E-state index in [1.807, 2.05) is 30.7 Å². The number of rotatable bonds is 10. The van der Waals surface area contributed by atoms with Crippen LogP contribution in [0.4, 0.5) is 5.00 Å². The number of aromatic nitrogens is 3. The van der Waals surface area contributed by atoms with Crippen molar-refractivity contribution in [3.8, 4) is 11.8 Å². The van der Waals surface area contributed by atoms with Crippen molar-refractivity contribution >= 4 is 34.0 Å². The number of benzene rings is 1. The summed E-state index contributed by atoms with van der Waals surface area (Å²) in [6.45, 7) is 11.0. The van der Waals surface area contributed by atoms with Gasteiger partial charge in [-0.3, -0.25) is 4.79 Å². The average molecular weight is 552 g/mol. The number of anilines is 1. The highest BCUT2D eigenvalue weighted by molar-refractivity contribution is 7.99. The highest BCUT2D eigenvalue weighted by Crippen LogP contribution is 2.45. The van der Waals surface area contributed by atoms with E-state index >= 15 is 0 Å². The van der Waals surface area contributed by atoms with Gasteiger partial charge in [-0.1, -0.05) is 58.0 Å². The van der Waals surface area contributed by atoms with Crippen molar-refractivity contribution in [3.05, 3.63) is 51.7 Å². The number of carbonyl (C=O) groups excluding carboxylic acids is 1. The number of fused-ring (bicyclic) bond motifs is 1. The van der Waals surface area contributed by atoms with E-state index in [-0.39, 0.29) is 23.2 Å². The van der Waals surface area contributed by atoms with Crippen molar-refractivity contribution in [2.24, 2.45) is 18.4 Å². The molecule has 0 aliphatic heterocycles. The number of thiophene rings is 1. The average Bonchev–Trinajstić information content (AvgIpc) is 3.46. The second kappa shape index (κ2) is 11.9. The summed E-state index contributed by atoms with van der Waals surface area (Å²) < 4.78 is 7.92. The molecular formula is C29H37N5O2S2. The molecule has 202 valence electrons. The van der Waals surface area contributed by atoms with Crippen LogP contribution in [-0.4, -0.2) is 26.4 Å². The molecule has 0 saturated carbocycles. The third-order valence-corrected chi connectivity index (χ3v) is 10.0. The number of hydrogen-bond acceptors (Lipinski definition) is 7. The lowest BCUT2D eigenvalue weighted by Gasteiger charge is -2.36. The molecule has 7 nitrogen and oxygen atoms in total. The van der Waals surface area contributed by atoms with E-state index in [0.717, 1.165) is 43.4 Å². The number of amides is 1. The smallest absolute Gasteiger partial charge is 0.235 e. The van der Waals surface area contributed by atoms with Gasteiger partial charge >= 0.3 is 0 Å². The van der Waals surface area contributed by atoms with E-state index in [1.54, 1.807) is 11.3 Å². The standard InChI is InChI=1S/C29H37N5O2S2/c1-7-19-9-12-21(13-10-19)36-18(3)26-32-33-28(34(26)6)37-17-25(35)31-27-23(16-30)22-14-11-20(15-24(22)38-27)29(4,5)8-2/h9-10,12-13,18,20H,7-8,11,14-15,17H2,1-6H3,(H,31,35). The van der Waals surface area contributed by atoms with E-state index in [0.29, 0.717) is 27.5 Å². The van der Waals surface area contributed by atoms with Crippen molar-refractivity contribution in [1.29, 1.82) is 5.26 Å². The SMILES string of the molecule is CCc1ccc(OC(C)c2nnc(SCC(=O)Nc3sc4c(c3C#N)CCC(C(C)(C)CC)C4)n2C)cc1. The van der Waals surface area contributed by atoms with E-state index in [2.05, 4.69) is 61.4 Å². The molecular weight excluding hydrogens is 514 g/mol. The van der Waals surface area contributed by atoms with Gasteiger partial charge in [0, 0.05) is 11.9 Å². The van der Waals surface area contributed by atoms with Crippen LogP contribution in [-0.2, 0) is 31.1 Å². The maximum absolute atomic E-state index is 12.9. The fraction of sp³-hybridized carbons (Fsp3) is 0.517. The van der Waals surface area contributed by atoms with Gasteiger partial charge in [0.05, 0.1) is 11.3 Å². The van der Waals surface area contributed by atoms with Crippen LogP contribution in [0.3, 0.4) is 0 Å². The molecule has 1 N–H and O–H groups in total. The van der Waals surface area contributed by atoms with E-state index in [4.69, 9.17) is 4.74 Å². The minimum atomic E-state index is -0.291. The summed E-state index contributed by atoms with van der Waals surface area (Å²) in [5.74, 6) is 2.09. The number of nitriles is 1. The predicted octanol–water partition coefficient (Wildman–Crippen LogP) is 6.72. The number of carbonyl (C=O) groups is 1. The van der Waals surface area contributed by atoms with Crippen LogP contribution < -0.4 is 10.1 Å². The monoisotopic (exact) mass is 551 g/mol. The van der Waals surface area contributed by atoms with Crippen LogP contribution in [0.15, 0.2) is 29.4 Å². The molecule has 1 aromatic carbocycles. The van der Waals surface area contributed by atoms with Gasteiger partial charge in [-0.05, 0) is 67.2 Å². The molecule has 0 bridgehead atoms. The molecule has 2 heterocycles. The third kappa shape index (κ3) is 6.08. The van der Waals surface area contributed by atoms with Gasteiger partial charge in [0.2, 0.25) is 5.91 Å². The van der Waals surface area contributed by atoms with E-state index in [9.17, 15) is 10.1 Å². The van der Waals surface area contributed by atoms with Crippen molar-refractivity contribution < 1.29 is 9.53 Å². The highest BCUT2D eigenvalue weighted by Gasteiger charge is 2.34. The Balaban J connectivity index is 1.37. The zero-order chi connectivity index (χ0) is 27.4. The normalized spacial score (nSPS) is 16.0. The van der Waals surface area contributed by atoms with Crippen LogP contribution in [0.1, 0.15) is 81.0 Å². The Morgan fingerprint density at radius 3 is 2.71 bits per heavy atom. The molecule has 0 spiro atoms. The summed E-state index contributed by atoms with van der Waals surface area (Å²) in [4.78, 5) is 14.1. The van der Waals surface area contributed by atoms with Crippen LogP contribution >= 0.6 is 23.1 Å². The summed E-state index contributed by atoms with van der Waals surface area (Å²) in [6, 6.07) is 10.4. The second-order valence-corrected chi connectivity index (χ2v) is 12.6. The number of nitrogens with zero attached hydrogens (tertiary/aromatic N) is 4. The van der Waals surface area contributed by atoms with Gasteiger partial charge < -0.3 is 14.6 Å². The summed E-state index contributed by atoms with van der Waals surface area (Å²) >= 11 is 2.89. The number of thioether (sulfide) groups is 1. The summed E-state index contributed by atoms with van der Waals surface area (Å²) in [6.07, 6.45) is 4.79. The van der Waals surface area contributed by atoms with Crippen LogP contribution in [0.25, 0.3) is 0 Å². The first kappa shape index (κ1) is 28.2. The summed E-state index contributed by atoms with van der Waals surface area (Å²) in [5.41, 5.74) is 3.29. The van der Waals surface area contributed by atoms with Gasteiger partial charge in [-0.15, -0.1) is 21.5 Å². The maximum atomic E-state index is 12.9. The zero-order valence-electron chi connectivity index (χ0n) is 23.1. The molecule has 4 rings (SSSR count). The van der Waals surface area contributed by atoms with Crippen LogP contribution in [0.2, 0.25) is 0 Å². The minimum absolute atomic E-state index is 0.152. The Bertz CT molecular complexity index is 1320. The molecule has 2 atom stereocenters. The highest BCUT2D eigenvalue weighted by atomic mass is 32.2. The lowest BCUT2D eigenvalue weighted by atomic mass is 9.69. The molecule has 38 heavy (non-hydrogen) atoms. The van der Waals surface area contributed by atoms with Gasteiger partial charge in [0.15, 0.2) is 17.1 Å². The largest absolute Gasteiger partial charge is 0.483 e.